The van der Waals surface area contributed by atoms with Crippen LogP contribution in [0.1, 0.15) is 45.1 Å². The molecular formula is C12H23N3. The summed E-state index contributed by atoms with van der Waals surface area (Å²) < 4.78 is 2.02. The highest BCUT2D eigenvalue weighted by atomic mass is 15.3. The molecule has 0 fully saturated rings. The van der Waals surface area contributed by atoms with Crippen LogP contribution in [0.5, 0.6) is 0 Å². The van der Waals surface area contributed by atoms with Crippen molar-refractivity contribution in [3.63, 3.8) is 0 Å². The summed E-state index contributed by atoms with van der Waals surface area (Å²) in [7, 11) is 0. The molecule has 1 aromatic rings. The van der Waals surface area contributed by atoms with Crippen LogP contribution in [0, 0.1) is 0 Å². The van der Waals surface area contributed by atoms with Gasteiger partial charge in [0.05, 0.1) is 6.20 Å². The summed E-state index contributed by atoms with van der Waals surface area (Å²) in [6, 6.07) is 0. The van der Waals surface area contributed by atoms with E-state index in [1.807, 2.05) is 10.9 Å². The fourth-order valence-corrected chi connectivity index (χ4v) is 1.58. The number of hydrogen-bond donors (Lipinski definition) is 1. The van der Waals surface area contributed by atoms with Crippen LogP contribution >= 0.6 is 0 Å². The predicted molar refractivity (Wildman–Crippen MR) is 63.7 cm³/mol. The Kier molecular flexibility index (Phi) is 6.09. The van der Waals surface area contributed by atoms with E-state index in [1.165, 1.54) is 24.8 Å². The number of nitrogens with one attached hydrogen (secondary N) is 1. The molecule has 0 atom stereocenters. The molecule has 1 heterocycles. The quantitative estimate of drug-likeness (QED) is 0.667. The third-order valence-electron chi connectivity index (χ3n) is 2.43. The molecule has 0 saturated heterocycles. The highest BCUT2D eigenvalue weighted by molar-refractivity contribution is 5.03. The molecule has 0 radical (unpaired) electrons. The van der Waals surface area contributed by atoms with Crippen molar-refractivity contribution in [1.82, 2.24) is 15.1 Å². The fraction of sp³-hybridized carbons (Fsp3) is 0.750. The molecule has 1 N–H and O–H groups in total. The van der Waals surface area contributed by atoms with Crippen molar-refractivity contribution in [2.75, 3.05) is 6.54 Å². The summed E-state index contributed by atoms with van der Waals surface area (Å²) in [4.78, 5) is 0. The van der Waals surface area contributed by atoms with Crippen LogP contribution in [-0.2, 0) is 13.1 Å². The van der Waals surface area contributed by atoms with Crippen molar-refractivity contribution in [2.45, 2.75) is 52.6 Å². The average molecular weight is 209 g/mol. The second-order valence-electron chi connectivity index (χ2n) is 4.00. The van der Waals surface area contributed by atoms with Gasteiger partial charge >= 0.3 is 0 Å². The van der Waals surface area contributed by atoms with E-state index in [2.05, 4.69) is 30.5 Å². The van der Waals surface area contributed by atoms with E-state index in [1.54, 1.807) is 0 Å². The molecule has 0 saturated carbocycles. The van der Waals surface area contributed by atoms with Crippen molar-refractivity contribution >= 4 is 0 Å². The Bertz CT molecular complexity index is 255. The van der Waals surface area contributed by atoms with Gasteiger partial charge in [0.15, 0.2) is 0 Å². The molecule has 0 aromatic carbocycles. The van der Waals surface area contributed by atoms with Crippen LogP contribution in [0.4, 0.5) is 0 Å². The van der Waals surface area contributed by atoms with Crippen molar-refractivity contribution in [3.05, 3.63) is 18.0 Å². The molecule has 1 aromatic heterocycles. The summed E-state index contributed by atoms with van der Waals surface area (Å²) in [6.07, 6.45) is 9.13. The summed E-state index contributed by atoms with van der Waals surface area (Å²) in [5.41, 5.74) is 1.29. The van der Waals surface area contributed by atoms with E-state index in [-0.39, 0.29) is 0 Å². The zero-order valence-electron chi connectivity index (χ0n) is 10.00. The maximum absolute atomic E-state index is 4.30. The van der Waals surface area contributed by atoms with Gasteiger partial charge in [-0.3, -0.25) is 4.68 Å². The molecule has 86 valence electrons. The Morgan fingerprint density at radius 2 is 2.13 bits per heavy atom. The average Bonchev–Trinajstić information content (AvgIpc) is 2.66. The minimum absolute atomic E-state index is 0.952. The van der Waals surface area contributed by atoms with E-state index >= 15 is 0 Å². The van der Waals surface area contributed by atoms with Gasteiger partial charge in [-0.2, -0.15) is 5.10 Å². The zero-order valence-corrected chi connectivity index (χ0v) is 10.00. The fourth-order valence-electron chi connectivity index (χ4n) is 1.58. The number of rotatable bonds is 8. The van der Waals surface area contributed by atoms with E-state index in [0.717, 1.165) is 26.1 Å². The smallest absolute Gasteiger partial charge is 0.0534 e. The molecule has 0 bridgehead atoms. The van der Waals surface area contributed by atoms with Gasteiger partial charge in [0.25, 0.3) is 0 Å². The normalized spacial score (nSPS) is 10.8. The second-order valence-corrected chi connectivity index (χ2v) is 4.00. The first-order valence-electron chi connectivity index (χ1n) is 6.08. The first-order valence-corrected chi connectivity index (χ1v) is 6.08. The van der Waals surface area contributed by atoms with Crippen LogP contribution in [0.3, 0.4) is 0 Å². The van der Waals surface area contributed by atoms with Gasteiger partial charge in [0.2, 0.25) is 0 Å². The number of unbranched alkanes of at least 4 members (excludes halogenated alkanes) is 2. The van der Waals surface area contributed by atoms with E-state index in [4.69, 9.17) is 0 Å². The van der Waals surface area contributed by atoms with Crippen LogP contribution in [0.15, 0.2) is 12.4 Å². The van der Waals surface area contributed by atoms with E-state index in [9.17, 15) is 0 Å². The third kappa shape index (κ3) is 4.98. The van der Waals surface area contributed by atoms with Crippen molar-refractivity contribution in [2.24, 2.45) is 0 Å². The first kappa shape index (κ1) is 12.2. The van der Waals surface area contributed by atoms with Crippen molar-refractivity contribution in [1.29, 1.82) is 0 Å². The molecular weight excluding hydrogens is 186 g/mol. The maximum atomic E-state index is 4.30. The Labute approximate surface area is 92.9 Å². The Balaban J connectivity index is 2.14. The highest BCUT2D eigenvalue weighted by Gasteiger charge is 1.96. The lowest BCUT2D eigenvalue weighted by Crippen LogP contribution is -2.14. The van der Waals surface area contributed by atoms with Crippen LogP contribution in [-0.4, -0.2) is 16.3 Å². The van der Waals surface area contributed by atoms with Gasteiger partial charge in [0.1, 0.15) is 0 Å². The minimum atomic E-state index is 0.952. The lowest BCUT2D eigenvalue weighted by atomic mass is 10.2. The monoisotopic (exact) mass is 209 g/mol. The minimum Gasteiger partial charge on any atom is -0.313 e. The standard InChI is InChI=1S/C12H23N3/c1-3-5-6-7-13-9-12-10-14-15(11-12)8-4-2/h10-11,13H,3-9H2,1-2H3. The molecule has 0 aliphatic heterocycles. The van der Waals surface area contributed by atoms with Gasteiger partial charge < -0.3 is 5.32 Å². The summed E-state index contributed by atoms with van der Waals surface area (Å²) in [5.74, 6) is 0. The van der Waals surface area contributed by atoms with Gasteiger partial charge in [0, 0.05) is 24.8 Å². The highest BCUT2D eigenvalue weighted by Crippen LogP contribution is 1.99. The van der Waals surface area contributed by atoms with E-state index in [0.29, 0.717) is 0 Å². The molecule has 0 unspecified atom stereocenters. The lowest BCUT2D eigenvalue weighted by molar-refractivity contribution is 0.598. The first-order chi connectivity index (χ1) is 7.36. The van der Waals surface area contributed by atoms with Crippen molar-refractivity contribution < 1.29 is 0 Å². The number of aromatic nitrogens is 2. The third-order valence-corrected chi connectivity index (χ3v) is 2.43. The topological polar surface area (TPSA) is 29.9 Å². The molecule has 0 spiro atoms. The van der Waals surface area contributed by atoms with Crippen LogP contribution < -0.4 is 5.32 Å². The van der Waals surface area contributed by atoms with Gasteiger partial charge in [-0.15, -0.1) is 0 Å². The zero-order chi connectivity index (χ0) is 10.9. The molecule has 0 amide bonds. The summed E-state index contributed by atoms with van der Waals surface area (Å²) in [5, 5.41) is 7.74. The predicted octanol–water partition coefficient (Wildman–Crippen LogP) is 2.57. The number of aryl methyl sites for hydroxylation is 1. The second kappa shape index (κ2) is 7.46. The SMILES string of the molecule is CCCCCNCc1cnn(CCC)c1. The molecule has 15 heavy (non-hydrogen) atoms. The maximum Gasteiger partial charge on any atom is 0.0534 e. The molecule has 0 aliphatic rings. The summed E-state index contributed by atoms with van der Waals surface area (Å²) >= 11 is 0. The van der Waals surface area contributed by atoms with Gasteiger partial charge in [-0.25, -0.2) is 0 Å². The Morgan fingerprint density at radius 1 is 1.27 bits per heavy atom. The number of hydrogen-bond acceptors (Lipinski definition) is 2. The molecule has 3 heteroatoms. The summed E-state index contributed by atoms with van der Waals surface area (Å²) in [6.45, 7) is 7.50. The Hall–Kier alpha value is -0.830. The molecule has 3 nitrogen and oxygen atoms in total. The largest absolute Gasteiger partial charge is 0.313 e. The van der Waals surface area contributed by atoms with Gasteiger partial charge in [-0.1, -0.05) is 26.7 Å². The van der Waals surface area contributed by atoms with Crippen LogP contribution in [0.25, 0.3) is 0 Å². The molecule has 0 aliphatic carbocycles. The molecule has 1 rings (SSSR count). The Morgan fingerprint density at radius 3 is 2.87 bits per heavy atom. The van der Waals surface area contributed by atoms with E-state index < -0.39 is 0 Å². The number of nitrogens with zero attached hydrogens (tertiary/aromatic N) is 2. The van der Waals surface area contributed by atoms with Crippen LogP contribution in [0.2, 0.25) is 0 Å². The van der Waals surface area contributed by atoms with Crippen molar-refractivity contribution in [3.8, 4) is 0 Å². The van der Waals surface area contributed by atoms with Gasteiger partial charge in [-0.05, 0) is 19.4 Å². The lowest BCUT2D eigenvalue weighted by Gasteiger charge is -2.01.